The molecule has 0 saturated heterocycles. The van der Waals surface area contributed by atoms with Crippen LogP contribution < -0.4 is 0 Å². The smallest absolute Gasteiger partial charge is 0.164 e. The lowest BCUT2D eigenvalue weighted by molar-refractivity contribution is 0.669. The maximum Gasteiger partial charge on any atom is 0.164 e. The zero-order valence-corrected chi connectivity index (χ0v) is 36.8. The van der Waals surface area contributed by atoms with E-state index in [0.29, 0.717) is 17.5 Å². The largest absolute Gasteiger partial charge is 0.456 e. The monoisotopic (exact) mass is 868 g/mol. The second-order valence-electron chi connectivity index (χ2n) is 17.2. The van der Waals surface area contributed by atoms with Gasteiger partial charge in [-0.2, -0.15) is 0 Å². The fourth-order valence-electron chi connectivity index (χ4n) is 9.75. The molecule has 0 unspecified atom stereocenters. The molecule has 3 heterocycles. The minimum atomic E-state index is 0.592. The van der Waals surface area contributed by atoms with E-state index >= 15 is 0 Å². The zero-order chi connectivity index (χ0) is 45.0. The maximum absolute atomic E-state index is 6.55. The van der Waals surface area contributed by atoms with Crippen LogP contribution in [0.2, 0.25) is 0 Å². The Morgan fingerprint density at radius 2 is 0.765 bits per heavy atom. The van der Waals surface area contributed by atoms with Gasteiger partial charge in [0, 0.05) is 43.9 Å². The van der Waals surface area contributed by atoms with Crippen molar-refractivity contribution in [2.45, 2.75) is 0 Å². The summed E-state index contributed by atoms with van der Waals surface area (Å²) in [5.74, 6) is 1.83. The van der Waals surface area contributed by atoms with Crippen molar-refractivity contribution in [3.63, 3.8) is 0 Å². The van der Waals surface area contributed by atoms with Crippen molar-refractivity contribution in [1.29, 1.82) is 0 Å². The molecule has 0 amide bonds. The Morgan fingerprint density at radius 1 is 0.279 bits per heavy atom. The van der Waals surface area contributed by atoms with Crippen molar-refractivity contribution in [3.05, 3.63) is 243 Å². The molecule has 0 spiro atoms. The quantitative estimate of drug-likeness (QED) is 0.153. The number of para-hydroxylation sites is 1. The number of nitrogens with zero attached hydrogens (tertiary/aromatic N) is 4. The molecule has 0 bridgehead atoms. The molecule has 0 aliphatic rings. The van der Waals surface area contributed by atoms with Crippen molar-refractivity contribution >= 4 is 43.7 Å². The van der Waals surface area contributed by atoms with Gasteiger partial charge in [-0.15, -0.1) is 0 Å². The van der Waals surface area contributed by atoms with E-state index in [1.807, 2.05) is 72.8 Å². The third-order valence-electron chi connectivity index (χ3n) is 13.0. The molecule has 318 valence electrons. The number of hydrogen-bond acceptors (Lipinski definition) is 4. The van der Waals surface area contributed by atoms with Gasteiger partial charge < -0.3 is 8.98 Å². The predicted molar refractivity (Wildman–Crippen MR) is 279 cm³/mol. The Bertz CT molecular complexity index is 3880. The van der Waals surface area contributed by atoms with Crippen LogP contribution in [-0.4, -0.2) is 19.5 Å². The summed E-state index contributed by atoms with van der Waals surface area (Å²) in [6.07, 6.45) is 0. The van der Waals surface area contributed by atoms with Crippen LogP contribution in [-0.2, 0) is 0 Å². The van der Waals surface area contributed by atoms with E-state index in [4.69, 9.17) is 19.4 Å². The molecular formula is C63H40N4O. The van der Waals surface area contributed by atoms with Crippen LogP contribution in [0.25, 0.3) is 128 Å². The van der Waals surface area contributed by atoms with Gasteiger partial charge >= 0.3 is 0 Å². The highest BCUT2D eigenvalue weighted by molar-refractivity contribution is 6.14. The Balaban J connectivity index is 0.964. The van der Waals surface area contributed by atoms with Crippen LogP contribution in [0.15, 0.2) is 247 Å². The third kappa shape index (κ3) is 6.93. The summed E-state index contributed by atoms with van der Waals surface area (Å²) in [5, 5.41) is 4.34. The molecule has 0 aliphatic heterocycles. The van der Waals surface area contributed by atoms with E-state index in [2.05, 4.69) is 174 Å². The molecule has 0 radical (unpaired) electrons. The van der Waals surface area contributed by atoms with E-state index in [1.54, 1.807) is 0 Å². The molecule has 0 N–H and O–H groups in total. The molecular weight excluding hydrogens is 829 g/mol. The third-order valence-corrected chi connectivity index (χ3v) is 13.0. The highest BCUT2D eigenvalue weighted by atomic mass is 16.3. The lowest BCUT2D eigenvalue weighted by atomic mass is 9.93. The fraction of sp³-hybridized carbons (Fsp3) is 0. The lowest BCUT2D eigenvalue weighted by Gasteiger charge is -2.12. The van der Waals surface area contributed by atoms with E-state index in [1.165, 1.54) is 38.6 Å². The highest BCUT2D eigenvalue weighted by Crippen LogP contribution is 2.42. The van der Waals surface area contributed by atoms with Crippen LogP contribution in [0.1, 0.15) is 0 Å². The van der Waals surface area contributed by atoms with Crippen molar-refractivity contribution in [1.82, 2.24) is 19.5 Å². The van der Waals surface area contributed by atoms with E-state index in [9.17, 15) is 0 Å². The van der Waals surface area contributed by atoms with Crippen molar-refractivity contribution in [2.24, 2.45) is 0 Å². The summed E-state index contributed by atoms with van der Waals surface area (Å²) in [6, 6.07) is 85.5. The molecule has 3 aromatic heterocycles. The van der Waals surface area contributed by atoms with Crippen molar-refractivity contribution in [3.8, 4) is 84.4 Å². The van der Waals surface area contributed by atoms with Crippen molar-refractivity contribution < 1.29 is 4.42 Å². The maximum atomic E-state index is 6.55. The van der Waals surface area contributed by atoms with Crippen LogP contribution >= 0.6 is 0 Å². The number of hydrogen-bond donors (Lipinski definition) is 0. The predicted octanol–water partition coefficient (Wildman–Crippen LogP) is 16.5. The van der Waals surface area contributed by atoms with Gasteiger partial charge in [0.1, 0.15) is 11.2 Å². The first-order valence-corrected chi connectivity index (χ1v) is 22.9. The standard InChI is InChI=1S/C63H40N4O/c1-6-17-41(18-7-1)48-35-49(42-19-8-2-9-20-42)37-50(36-48)47-29-32-52-54-38-45(30-33-56(54)67(57(52)40-47)51-25-14-5-15-26-51)46-31-34-58-55(39-46)60-53(27-16-28-59(60)68-58)63-65-61(43-21-10-3-11-22-43)64-62(66-63)44-23-12-4-13-24-44/h1-40H. The van der Waals surface area contributed by atoms with E-state index in [0.717, 1.165) is 72.0 Å². The van der Waals surface area contributed by atoms with Gasteiger partial charge in [-0.05, 0) is 111 Å². The normalized spacial score (nSPS) is 11.5. The Kier molecular flexibility index (Phi) is 9.43. The Labute approximate surface area is 392 Å². The number of fused-ring (bicyclic) bond motifs is 6. The summed E-state index contributed by atoms with van der Waals surface area (Å²) in [5.41, 5.74) is 17.0. The summed E-state index contributed by atoms with van der Waals surface area (Å²) >= 11 is 0. The minimum absolute atomic E-state index is 0.592. The van der Waals surface area contributed by atoms with Crippen molar-refractivity contribution in [2.75, 3.05) is 0 Å². The molecule has 13 aromatic rings. The number of aromatic nitrogens is 4. The SMILES string of the molecule is c1ccc(-c2cc(-c3ccccc3)cc(-c3ccc4c5cc(-c6ccc7oc8cccc(-c9nc(-c%10ccccc%10)nc(-c%10ccccc%10)n9)c8c7c6)ccc5n(-c5ccccc5)c4c3)c2)cc1. The number of rotatable bonds is 8. The van der Waals surface area contributed by atoms with Gasteiger partial charge in [0.25, 0.3) is 0 Å². The van der Waals surface area contributed by atoms with Gasteiger partial charge in [-0.1, -0.05) is 176 Å². The zero-order valence-electron chi connectivity index (χ0n) is 36.8. The first-order valence-electron chi connectivity index (χ1n) is 22.9. The number of benzene rings is 10. The average Bonchev–Trinajstić information content (AvgIpc) is 3.96. The molecule has 68 heavy (non-hydrogen) atoms. The lowest BCUT2D eigenvalue weighted by Crippen LogP contribution is -2.00. The summed E-state index contributed by atoms with van der Waals surface area (Å²) in [4.78, 5) is 15.2. The molecule has 13 rings (SSSR count). The molecule has 5 nitrogen and oxygen atoms in total. The van der Waals surface area contributed by atoms with Crippen LogP contribution in [0.4, 0.5) is 0 Å². The van der Waals surface area contributed by atoms with Crippen LogP contribution in [0, 0.1) is 0 Å². The minimum Gasteiger partial charge on any atom is -0.456 e. The first-order chi connectivity index (χ1) is 33.7. The first kappa shape index (κ1) is 39.2. The van der Waals surface area contributed by atoms with Gasteiger partial charge in [-0.25, -0.2) is 15.0 Å². The van der Waals surface area contributed by atoms with E-state index < -0.39 is 0 Å². The van der Waals surface area contributed by atoms with Gasteiger partial charge in [0.05, 0.1) is 11.0 Å². The second kappa shape index (κ2) is 16.4. The summed E-state index contributed by atoms with van der Waals surface area (Å²) in [6.45, 7) is 0. The molecule has 10 aromatic carbocycles. The summed E-state index contributed by atoms with van der Waals surface area (Å²) < 4.78 is 8.95. The Hall–Kier alpha value is -9.19. The second-order valence-corrected chi connectivity index (χ2v) is 17.2. The molecule has 0 atom stereocenters. The fourth-order valence-corrected chi connectivity index (χ4v) is 9.75. The molecule has 0 fully saturated rings. The van der Waals surface area contributed by atoms with Gasteiger partial charge in [0.2, 0.25) is 0 Å². The van der Waals surface area contributed by atoms with Gasteiger partial charge in [-0.3, -0.25) is 0 Å². The summed E-state index contributed by atoms with van der Waals surface area (Å²) in [7, 11) is 0. The molecule has 0 aliphatic carbocycles. The highest BCUT2D eigenvalue weighted by Gasteiger charge is 2.20. The van der Waals surface area contributed by atoms with E-state index in [-0.39, 0.29) is 0 Å². The van der Waals surface area contributed by atoms with Gasteiger partial charge in [0.15, 0.2) is 17.5 Å². The topological polar surface area (TPSA) is 56.7 Å². The molecule has 5 heteroatoms. The number of furan rings is 1. The average molecular weight is 869 g/mol. The Morgan fingerprint density at radius 3 is 1.37 bits per heavy atom. The van der Waals surface area contributed by atoms with Crippen LogP contribution in [0.3, 0.4) is 0 Å². The molecule has 0 saturated carbocycles. The van der Waals surface area contributed by atoms with Crippen LogP contribution in [0.5, 0.6) is 0 Å².